The highest BCUT2D eigenvalue weighted by atomic mass is 32.2. The molecule has 178 valence electrons. The number of hydrogen-bond donors (Lipinski definition) is 0. The van der Waals surface area contributed by atoms with Crippen LogP contribution in [-0.4, -0.2) is 58.5 Å². The van der Waals surface area contributed by atoms with Gasteiger partial charge in [0.2, 0.25) is 5.91 Å². The van der Waals surface area contributed by atoms with Gasteiger partial charge in [-0.2, -0.15) is 0 Å². The minimum Gasteiger partial charge on any atom is -0.494 e. The lowest BCUT2D eigenvalue weighted by atomic mass is 9.97. The molecule has 0 aliphatic carbocycles. The van der Waals surface area contributed by atoms with E-state index in [1.54, 1.807) is 12.1 Å². The predicted octanol–water partition coefficient (Wildman–Crippen LogP) is 2.83. The maximum Gasteiger partial charge on any atom is 0.308 e. The molecule has 10 heteroatoms. The molecular weight excluding hydrogens is 451 g/mol. The Morgan fingerprint density at radius 1 is 1.06 bits per heavy atom. The average molecular weight is 479 g/mol. The molecule has 2 aromatic rings. The molecule has 3 rings (SSSR count). The SMILES string of the molecule is CCOc1ccc(S(=O)(=O)N(CC(=O)N2CCC(C(=O)OC)CC2)c2ccc(F)cc2)cc1. The summed E-state index contributed by atoms with van der Waals surface area (Å²) in [5.41, 5.74) is 0.170. The number of hydrogen-bond acceptors (Lipinski definition) is 6. The summed E-state index contributed by atoms with van der Waals surface area (Å²) in [7, 11) is -2.80. The second-order valence-corrected chi connectivity index (χ2v) is 9.43. The first-order chi connectivity index (χ1) is 15.8. The van der Waals surface area contributed by atoms with Gasteiger partial charge in [-0.1, -0.05) is 0 Å². The first-order valence-electron chi connectivity index (χ1n) is 10.6. The summed E-state index contributed by atoms with van der Waals surface area (Å²) in [6, 6.07) is 10.8. The number of anilines is 1. The molecule has 8 nitrogen and oxygen atoms in total. The molecule has 0 aromatic heterocycles. The van der Waals surface area contributed by atoms with Crippen LogP contribution in [0.1, 0.15) is 19.8 Å². The van der Waals surface area contributed by atoms with Crippen molar-refractivity contribution in [3.63, 3.8) is 0 Å². The Bertz CT molecular complexity index is 1070. The average Bonchev–Trinajstić information content (AvgIpc) is 2.83. The van der Waals surface area contributed by atoms with Crippen molar-refractivity contribution in [3.05, 3.63) is 54.3 Å². The second-order valence-electron chi connectivity index (χ2n) is 7.57. The number of nitrogens with zero attached hydrogens (tertiary/aromatic N) is 2. The first kappa shape index (κ1) is 24.5. The number of amides is 1. The molecule has 1 heterocycles. The summed E-state index contributed by atoms with van der Waals surface area (Å²) >= 11 is 0. The Morgan fingerprint density at radius 2 is 1.67 bits per heavy atom. The Morgan fingerprint density at radius 3 is 2.21 bits per heavy atom. The minimum absolute atomic E-state index is 0.0209. The highest BCUT2D eigenvalue weighted by molar-refractivity contribution is 7.92. The van der Waals surface area contributed by atoms with Gasteiger partial charge in [0, 0.05) is 13.1 Å². The third kappa shape index (κ3) is 5.81. The van der Waals surface area contributed by atoms with Gasteiger partial charge >= 0.3 is 5.97 Å². The Labute approximate surface area is 192 Å². The standard InChI is InChI=1S/C23H27FN2O6S/c1-3-32-20-8-10-21(11-9-20)33(29,30)26(19-6-4-18(24)5-7-19)16-22(27)25-14-12-17(13-15-25)23(28)31-2/h4-11,17H,3,12-16H2,1-2H3. The van der Waals surface area contributed by atoms with Gasteiger partial charge in [-0.15, -0.1) is 0 Å². The van der Waals surface area contributed by atoms with Crippen LogP contribution in [0.25, 0.3) is 0 Å². The molecule has 0 radical (unpaired) electrons. The normalized spacial score (nSPS) is 14.6. The number of halogens is 1. The topological polar surface area (TPSA) is 93.2 Å². The van der Waals surface area contributed by atoms with Gasteiger partial charge in [-0.05, 0) is 68.3 Å². The lowest BCUT2D eigenvalue weighted by molar-refractivity contribution is -0.148. The molecule has 0 atom stereocenters. The quantitative estimate of drug-likeness (QED) is 0.542. The van der Waals surface area contributed by atoms with E-state index in [1.807, 2.05) is 6.92 Å². The van der Waals surface area contributed by atoms with E-state index in [1.165, 1.54) is 36.3 Å². The second kappa shape index (κ2) is 10.7. The maximum absolute atomic E-state index is 13.5. The van der Waals surface area contributed by atoms with Crippen molar-refractivity contribution in [2.75, 3.05) is 37.7 Å². The zero-order valence-corrected chi connectivity index (χ0v) is 19.4. The Kier molecular flexibility index (Phi) is 7.91. The summed E-state index contributed by atoms with van der Waals surface area (Å²) in [6.45, 7) is 2.44. The van der Waals surface area contributed by atoms with E-state index in [-0.39, 0.29) is 22.5 Å². The van der Waals surface area contributed by atoms with Crippen LogP contribution in [0.2, 0.25) is 0 Å². The third-order valence-electron chi connectivity index (χ3n) is 5.50. The highest BCUT2D eigenvalue weighted by Crippen LogP contribution is 2.26. The van der Waals surface area contributed by atoms with Gasteiger partial charge in [-0.25, -0.2) is 12.8 Å². The van der Waals surface area contributed by atoms with E-state index in [4.69, 9.17) is 9.47 Å². The molecule has 2 aromatic carbocycles. The van der Waals surface area contributed by atoms with E-state index < -0.39 is 28.3 Å². The Balaban J connectivity index is 1.84. The van der Waals surface area contributed by atoms with Crippen LogP contribution in [-0.2, 0) is 24.3 Å². The highest BCUT2D eigenvalue weighted by Gasteiger charge is 2.32. The van der Waals surface area contributed by atoms with Crippen LogP contribution in [0.4, 0.5) is 10.1 Å². The van der Waals surface area contributed by atoms with Crippen molar-refractivity contribution in [2.24, 2.45) is 5.92 Å². The molecule has 0 saturated carbocycles. The number of likely N-dealkylation sites (tertiary alicyclic amines) is 1. The predicted molar refractivity (Wildman–Crippen MR) is 120 cm³/mol. The zero-order chi connectivity index (χ0) is 24.0. The van der Waals surface area contributed by atoms with Gasteiger partial charge in [-0.3, -0.25) is 13.9 Å². The fourth-order valence-electron chi connectivity index (χ4n) is 3.68. The smallest absolute Gasteiger partial charge is 0.308 e. The lowest BCUT2D eigenvalue weighted by Crippen LogP contribution is -2.46. The summed E-state index contributed by atoms with van der Waals surface area (Å²) in [5.74, 6) is -0.993. The minimum atomic E-state index is -4.13. The van der Waals surface area contributed by atoms with Crippen LogP contribution in [0.15, 0.2) is 53.4 Å². The number of piperidine rings is 1. The van der Waals surface area contributed by atoms with E-state index in [0.29, 0.717) is 38.3 Å². The molecule has 0 unspecified atom stereocenters. The number of ether oxygens (including phenoxy) is 2. The van der Waals surface area contributed by atoms with E-state index in [0.717, 1.165) is 16.4 Å². The number of rotatable bonds is 8. The van der Waals surface area contributed by atoms with Gasteiger partial charge in [0.05, 0.1) is 30.2 Å². The van der Waals surface area contributed by atoms with Crippen LogP contribution in [0, 0.1) is 11.7 Å². The van der Waals surface area contributed by atoms with Crippen LogP contribution < -0.4 is 9.04 Å². The molecule has 1 aliphatic rings. The Hall–Kier alpha value is -3.14. The van der Waals surface area contributed by atoms with E-state index in [2.05, 4.69) is 0 Å². The number of benzene rings is 2. The number of esters is 1. The lowest BCUT2D eigenvalue weighted by Gasteiger charge is -2.33. The van der Waals surface area contributed by atoms with Crippen molar-refractivity contribution in [3.8, 4) is 5.75 Å². The van der Waals surface area contributed by atoms with Crippen molar-refractivity contribution in [1.29, 1.82) is 0 Å². The number of methoxy groups -OCH3 is 1. The fraction of sp³-hybridized carbons (Fsp3) is 0.391. The van der Waals surface area contributed by atoms with Crippen LogP contribution in [0.5, 0.6) is 5.75 Å². The van der Waals surface area contributed by atoms with Crippen LogP contribution in [0.3, 0.4) is 0 Å². The molecule has 0 N–H and O–H groups in total. The summed E-state index contributed by atoms with van der Waals surface area (Å²) in [4.78, 5) is 26.3. The van der Waals surface area contributed by atoms with Crippen molar-refractivity contribution in [1.82, 2.24) is 4.90 Å². The summed E-state index contributed by atoms with van der Waals surface area (Å²) in [6.07, 6.45) is 0.890. The molecule has 33 heavy (non-hydrogen) atoms. The molecule has 0 bridgehead atoms. The largest absolute Gasteiger partial charge is 0.494 e. The van der Waals surface area contributed by atoms with Crippen molar-refractivity contribution in [2.45, 2.75) is 24.7 Å². The fourth-order valence-corrected chi connectivity index (χ4v) is 5.09. The monoisotopic (exact) mass is 478 g/mol. The number of carbonyl (C=O) groups excluding carboxylic acids is 2. The van der Waals surface area contributed by atoms with E-state index >= 15 is 0 Å². The maximum atomic E-state index is 13.5. The van der Waals surface area contributed by atoms with Crippen LogP contribution >= 0.6 is 0 Å². The molecule has 1 amide bonds. The van der Waals surface area contributed by atoms with Gasteiger partial charge in [0.1, 0.15) is 18.1 Å². The molecular formula is C23H27FN2O6S. The molecule has 1 aliphatic heterocycles. The molecule has 0 spiro atoms. The van der Waals surface area contributed by atoms with Crippen molar-refractivity contribution < 1.29 is 31.9 Å². The van der Waals surface area contributed by atoms with Gasteiger partial charge in [0.15, 0.2) is 0 Å². The van der Waals surface area contributed by atoms with E-state index in [9.17, 15) is 22.4 Å². The van der Waals surface area contributed by atoms with Crippen molar-refractivity contribution >= 4 is 27.6 Å². The van der Waals surface area contributed by atoms with Gasteiger partial charge < -0.3 is 14.4 Å². The summed E-state index contributed by atoms with van der Waals surface area (Å²) in [5, 5.41) is 0. The molecule has 1 saturated heterocycles. The summed E-state index contributed by atoms with van der Waals surface area (Å²) < 4.78 is 51.5. The zero-order valence-electron chi connectivity index (χ0n) is 18.6. The number of carbonyl (C=O) groups is 2. The first-order valence-corrected chi connectivity index (χ1v) is 12.1. The third-order valence-corrected chi connectivity index (χ3v) is 7.29. The van der Waals surface area contributed by atoms with Gasteiger partial charge in [0.25, 0.3) is 10.0 Å². The molecule has 1 fully saturated rings. The number of sulfonamides is 1.